The Kier molecular flexibility index (Phi) is 11.3. The molecule has 4 rings (SSSR count). The summed E-state index contributed by atoms with van der Waals surface area (Å²) in [5, 5.41) is 9.07. The lowest BCUT2D eigenvalue weighted by Crippen LogP contribution is -2.58. The van der Waals surface area contributed by atoms with Gasteiger partial charge in [-0.2, -0.15) is 13.2 Å². The van der Waals surface area contributed by atoms with Gasteiger partial charge in [-0.15, -0.1) is 0 Å². The van der Waals surface area contributed by atoms with Crippen molar-refractivity contribution < 1.29 is 32.5 Å². The summed E-state index contributed by atoms with van der Waals surface area (Å²) in [6.45, 7) is 5.57. The molecule has 0 spiro atoms. The minimum Gasteiger partial charge on any atom is -0.488 e. The van der Waals surface area contributed by atoms with E-state index in [2.05, 4.69) is 9.97 Å². The van der Waals surface area contributed by atoms with Crippen molar-refractivity contribution in [2.75, 3.05) is 18.1 Å². The summed E-state index contributed by atoms with van der Waals surface area (Å²) in [6.07, 6.45) is -0.0721. The van der Waals surface area contributed by atoms with Crippen LogP contribution < -0.4 is 9.64 Å². The molecule has 3 atom stereocenters. The summed E-state index contributed by atoms with van der Waals surface area (Å²) in [4.78, 5) is 26.1. The molecule has 44 heavy (non-hydrogen) atoms. The first kappa shape index (κ1) is 33.3. The Labute approximate surface area is 260 Å². The van der Waals surface area contributed by atoms with Crippen LogP contribution in [0.25, 0.3) is 0 Å². The van der Waals surface area contributed by atoms with Gasteiger partial charge in [0.25, 0.3) is 0 Å². The lowest BCUT2D eigenvalue weighted by atomic mass is 9.86. The highest BCUT2D eigenvalue weighted by atomic mass is 35.5. The standard InChI is InChI=1S/C32H38ClF3N4O4/c1-4-26-16-27(17-28(14-22-8-6-5-7-9-22)40(26)31(42)44-21(2)3)39(30-37-18-29(19-38-30)43-11-10-41)20-23-12-24(32(34,35)36)15-25(33)13-23/h5-9,12-13,15,18-19,21,26-28,41H,4,10-11,14,16-17,20H2,1-3H3. The van der Waals surface area contributed by atoms with E-state index in [4.69, 9.17) is 26.2 Å². The fourth-order valence-corrected chi connectivity index (χ4v) is 5.91. The molecule has 2 aromatic carbocycles. The fourth-order valence-electron chi connectivity index (χ4n) is 5.66. The lowest BCUT2D eigenvalue weighted by molar-refractivity contribution is -0.137. The fraction of sp³-hybridized carbons (Fsp3) is 0.469. The van der Waals surface area contributed by atoms with Gasteiger partial charge in [-0.25, -0.2) is 14.8 Å². The van der Waals surface area contributed by atoms with E-state index in [1.165, 1.54) is 18.5 Å². The molecule has 0 aliphatic carbocycles. The number of aliphatic hydroxyl groups is 1. The van der Waals surface area contributed by atoms with Crippen molar-refractivity contribution in [2.45, 2.75) is 83.4 Å². The highest BCUT2D eigenvalue weighted by Gasteiger charge is 2.41. The molecule has 238 valence electrons. The Morgan fingerprint density at radius 3 is 2.39 bits per heavy atom. The van der Waals surface area contributed by atoms with Gasteiger partial charge in [0.05, 0.1) is 30.7 Å². The van der Waals surface area contributed by atoms with Crippen LogP contribution in [0.5, 0.6) is 5.75 Å². The van der Waals surface area contributed by atoms with Crippen molar-refractivity contribution in [3.05, 3.63) is 82.6 Å². The zero-order chi connectivity index (χ0) is 31.9. The van der Waals surface area contributed by atoms with Gasteiger partial charge in [-0.3, -0.25) is 0 Å². The van der Waals surface area contributed by atoms with E-state index in [0.29, 0.717) is 42.9 Å². The molecule has 0 saturated carbocycles. The number of hydrogen-bond donors (Lipinski definition) is 1. The number of halogens is 4. The quantitative estimate of drug-likeness (QED) is 0.245. The van der Waals surface area contributed by atoms with E-state index in [0.717, 1.165) is 17.7 Å². The van der Waals surface area contributed by atoms with E-state index in [1.807, 2.05) is 60.9 Å². The Hall–Kier alpha value is -3.57. The molecule has 1 amide bonds. The molecule has 1 saturated heterocycles. The molecule has 2 heterocycles. The SMILES string of the molecule is CCC1CC(N(Cc2cc(Cl)cc(C(F)(F)F)c2)c2ncc(OCCO)cn2)CC(Cc2ccccc2)N1C(=O)OC(C)C. The van der Waals surface area contributed by atoms with Crippen molar-refractivity contribution in [1.82, 2.24) is 14.9 Å². The maximum atomic E-state index is 13.7. The molecule has 0 bridgehead atoms. The van der Waals surface area contributed by atoms with E-state index in [-0.39, 0.29) is 55.1 Å². The second-order valence-corrected chi connectivity index (χ2v) is 11.6. The highest BCUT2D eigenvalue weighted by Crippen LogP contribution is 2.36. The Morgan fingerprint density at radius 2 is 1.77 bits per heavy atom. The van der Waals surface area contributed by atoms with Crippen LogP contribution in [0.3, 0.4) is 0 Å². The second kappa shape index (κ2) is 14.9. The van der Waals surface area contributed by atoms with Gasteiger partial charge in [-0.05, 0) is 68.9 Å². The molecule has 1 fully saturated rings. The number of alkyl halides is 3. The zero-order valence-electron chi connectivity index (χ0n) is 25.0. The number of nitrogens with zero attached hydrogens (tertiary/aromatic N) is 4. The van der Waals surface area contributed by atoms with Crippen LogP contribution >= 0.6 is 11.6 Å². The molecular formula is C32H38ClF3N4O4. The number of carbonyl (C=O) groups excluding carboxylic acids is 1. The molecular weight excluding hydrogens is 597 g/mol. The van der Waals surface area contributed by atoms with Crippen LogP contribution in [-0.2, 0) is 23.9 Å². The third-order valence-electron chi connectivity index (χ3n) is 7.52. The number of ether oxygens (including phenoxy) is 2. The van der Waals surface area contributed by atoms with Crippen molar-refractivity contribution in [2.24, 2.45) is 0 Å². The Balaban J connectivity index is 1.74. The van der Waals surface area contributed by atoms with Crippen LogP contribution in [0.2, 0.25) is 5.02 Å². The first-order valence-corrected chi connectivity index (χ1v) is 15.1. The van der Waals surface area contributed by atoms with Crippen LogP contribution in [0.1, 0.15) is 56.7 Å². The third kappa shape index (κ3) is 8.75. The normalized spacial score (nSPS) is 18.8. The van der Waals surface area contributed by atoms with Gasteiger partial charge >= 0.3 is 12.3 Å². The number of aromatic nitrogens is 2. The van der Waals surface area contributed by atoms with Crippen LogP contribution in [-0.4, -0.2) is 63.5 Å². The van der Waals surface area contributed by atoms with Gasteiger partial charge in [0.1, 0.15) is 6.61 Å². The number of benzene rings is 2. The van der Waals surface area contributed by atoms with E-state index >= 15 is 0 Å². The summed E-state index contributed by atoms with van der Waals surface area (Å²) in [6, 6.07) is 12.6. The predicted molar refractivity (Wildman–Crippen MR) is 162 cm³/mol. The number of rotatable bonds is 11. The molecule has 1 N–H and O–H groups in total. The van der Waals surface area contributed by atoms with Gasteiger partial charge in [0.2, 0.25) is 5.95 Å². The zero-order valence-corrected chi connectivity index (χ0v) is 25.8. The maximum absolute atomic E-state index is 13.7. The maximum Gasteiger partial charge on any atom is 0.416 e. The topological polar surface area (TPSA) is 88.0 Å². The second-order valence-electron chi connectivity index (χ2n) is 11.1. The largest absolute Gasteiger partial charge is 0.488 e. The smallest absolute Gasteiger partial charge is 0.416 e. The Morgan fingerprint density at radius 1 is 1.09 bits per heavy atom. The summed E-state index contributed by atoms with van der Waals surface area (Å²) in [5.74, 6) is 0.649. The van der Waals surface area contributed by atoms with E-state index in [1.54, 1.807) is 0 Å². The van der Waals surface area contributed by atoms with E-state index in [9.17, 15) is 18.0 Å². The van der Waals surface area contributed by atoms with Crippen molar-refractivity contribution in [1.29, 1.82) is 0 Å². The molecule has 8 nitrogen and oxygen atoms in total. The van der Waals surface area contributed by atoms with Crippen molar-refractivity contribution in [3.8, 4) is 5.75 Å². The van der Waals surface area contributed by atoms with Crippen molar-refractivity contribution in [3.63, 3.8) is 0 Å². The number of hydrogen-bond acceptors (Lipinski definition) is 7. The first-order chi connectivity index (χ1) is 21.0. The van der Waals surface area contributed by atoms with Gasteiger partial charge < -0.3 is 24.4 Å². The van der Waals surface area contributed by atoms with Crippen molar-refractivity contribution >= 4 is 23.6 Å². The number of anilines is 1. The molecule has 1 aliphatic heterocycles. The van der Waals surface area contributed by atoms with Gasteiger partial charge in [0.15, 0.2) is 5.75 Å². The third-order valence-corrected chi connectivity index (χ3v) is 7.74. The van der Waals surface area contributed by atoms with Gasteiger partial charge in [0, 0.05) is 29.7 Å². The molecule has 3 unspecified atom stereocenters. The molecule has 3 aromatic rings. The summed E-state index contributed by atoms with van der Waals surface area (Å²) >= 11 is 6.15. The minimum atomic E-state index is -4.57. The number of piperidine rings is 1. The molecule has 0 radical (unpaired) electrons. The average molecular weight is 635 g/mol. The summed E-state index contributed by atoms with van der Waals surface area (Å²) < 4.78 is 52.2. The minimum absolute atomic E-state index is 0.0249. The van der Waals surface area contributed by atoms with Crippen LogP contribution in [0.15, 0.2) is 60.9 Å². The van der Waals surface area contributed by atoms with E-state index < -0.39 is 11.7 Å². The average Bonchev–Trinajstić information content (AvgIpc) is 2.98. The molecule has 1 aliphatic rings. The number of carbonyl (C=O) groups is 1. The lowest BCUT2D eigenvalue weighted by Gasteiger charge is -2.47. The number of aliphatic hydroxyl groups excluding tert-OH is 1. The predicted octanol–water partition coefficient (Wildman–Crippen LogP) is 6.93. The molecule has 12 heteroatoms. The molecule has 1 aromatic heterocycles. The highest BCUT2D eigenvalue weighted by molar-refractivity contribution is 6.30. The number of likely N-dealkylation sites (tertiary alicyclic amines) is 1. The first-order valence-electron chi connectivity index (χ1n) is 14.7. The monoisotopic (exact) mass is 634 g/mol. The summed E-state index contributed by atoms with van der Waals surface area (Å²) in [7, 11) is 0. The van der Waals surface area contributed by atoms with Gasteiger partial charge in [-0.1, -0.05) is 48.9 Å². The Bertz CT molecular complexity index is 1360. The van der Waals surface area contributed by atoms with Crippen LogP contribution in [0, 0.1) is 0 Å². The summed E-state index contributed by atoms with van der Waals surface area (Å²) in [5.41, 5.74) is 0.560. The number of amides is 1. The van der Waals surface area contributed by atoms with Crippen LogP contribution in [0.4, 0.5) is 23.9 Å².